The summed E-state index contributed by atoms with van der Waals surface area (Å²) in [6.45, 7) is 5.60. The Bertz CT molecular complexity index is 1470. The summed E-state index contributed by atoms with van der Waals surface area (Å²) in [5, 5.41) is 0. The van der Waals surface area contributed by atoms with Crippen LogP contribution in [-0.2, 0) is 22.6 Å². The van der Waals surface area contributed by atoms with Gasteiger partial charge >= 0.3 is 0 Å². The number of hydrogen-bond donors (Lipinski definition) is 0. The van der Waals surface area contributed by atoms with Crippen LogP contribution in [0.15, 0.2) is 66.7 Å². The number of carbonyl (C=O) groups excluding carboxylic acids is 2. The summed E-state index contributed by atoms with van der Waals surface area (Å²) in [6, 6.07) is 22.4. The zero-order valence-electron chi connectivity index (χ0n) is 20.8. The van der Waals surface area contributed by atoms with Gasteiger partial charge < -0.3 is 14.4 Å². The number of aromatic nitrogens is 2. The monoisotopic (exact) mass is 478 g/mol. The van der Waals surface area contributed by atoms with Crippen LogP contribution in [0.3, 0.4) is 0 Å². The molecular weight excluding hydrogens is 448 g/mol. The first kappa shape index (κ1) is 22.5. The molecule has 182 valence electrons. The van der Waals surface area contributed by atoms with Gasteiger partial charge in [-0.2, -0.15) is 0 Å². The highest BCUT2D eigenvalue weighted by Crippen LogP contribution is 2.34. The first-order chi connectivity index (χ1) is 17.5. The van der Waals surface area contributed by atoms with Crippen molar-refractivity contribution in [1.29, 1.82) is 0 Å². The predicted molar refractivity (Wildman–Crippen MR) is 142 cm³/mol. The molecule has 4 aromatic rings. The van der Waals surface area contributed by atoms with Gasteiger partial charge in [-0.3, -0.25) is 9.59 Å². The molecule has 36 heavy (non-hydrogen) atoms. The second-order valence-corrected chi connectivity index (χ2v) is 10.1. The molecule has 3 aromatic carbocycles. The smallest absolute Gasteiger partial charge is 0.246 e. The second kappa shape index (κ2) is 8.94. The quantitative estimate of drug-likeness (QED) is 0.407. The van der Waals surface area contributed by atoms with E-state index in [1.54, 1.807) is 0 Å². The lowest BCUT2D eigenvalue weighted by Crippen LogP contribution is -2.38. The molecule has 2 aliphatic rings. The lowest BCUT2D eigenvalue weighted by molar-refractivity contribution is -0.119. The van der Waals surface area contributed by atoms with E-state index in [-0.39, 0.29) is 24.3 Å². The number of rotatable bonds is 4. The van der Waals surface area contributed by atoms with Crippen LogP contribution in [0.25, 0.3) is 11.0 Å². The molecule has 1 aromatic heterocycles. The number of para-hydroxylation sites is 3. The number of nitrogens with zero attached hydrogens (tertiary/aromatic N) is 4. The third-order valence-corrected chi connectivity index (χ3v) is 7.40. The van der Waals surface area contributed by atoms with Crippen molar-refractivity contribution in [2.24, 2.45) is 0 Å². The minimum atomic E-state index is -0.0767. The molecule has 0 N–H and O–H groups in total. The van der Waals surface area contributed by atoms with Crippen LogP contribution in [0.4, 0.5) is 11.4 Å². The van der Waals surface area contributed by atoms with Gasteiger partial charge in [0.15, 0.2) is 0 Å². The van der Waals surface area contributed by atoms with Gasteiger partial charge in [-0.05, 0) is 73.7 Å². The highest BCUT2D eigenvalue weighted by molar-refractivity contribution is 5.97. The van der Waals surface area contributed by atoms with Crippen molar-refractivity contribution in [1.82, 2.24) is 9.55 Å². The standard InChI is InChI=1S/C30H30N4O2/c1-20-14-21(2)16-24(15-20)33-18-23(17-28(33)35)30-31-25-10-4-6-12-27(25)34(30)19-29(36)32-13-7-9-22-8-3-5-11-26(22)32/h3-6,8,10-12,14-16,23H,7,9,13,17-19H2,1-2H3. The van der Waals surface area contributed by atoms with Crippen LogP contribution in [-0.4, -0.2) is 34.5 Å². The predicted octanol–water partition coefficient (Wildman–Crippen LogP) is 5.15. The second-order valence-electron chi connectivity index (χ2n) is 10.1. The van der Waals surface area contributed by atoms with Crippen molar-refractivity contribution in [2.45, 2.75) is 45.6 Å². The van der Waals surface area contributed by atoms with Crippen molar-refractivity contribution >= 4 is 34.2 Å². The molecule has 0 saturated carbocycles. The number of imidazole rings is 1. The largest absolute Gasteiger partial charge is 0.318 e. The van der Waals surface area contributed by atoms with Crippen LogP contribution in [0.2, 0.25) is 0 Å². The Hall–Kier alpha value is -3.93. The maximum atomic E-state index is 13.7. The molecule has 6 heteroatoms. The molecule has 0 aliphatic carbocycles. The maximum Gasteiger partial charge on any atom is 0.246 e. The van der Waals surface area contributed by atoms with Crippen LogP contribution in [0.5, 0.6) is 0 Å². The van der Waals surface area contributed by atoms with E-state index in [4.69, 9.17) is 4.98 Å². The summed E-state index contributed by atoms with van der Waals surface area (Å²) in [6.07, 6.45) is 2.34. The van der Waals surface area contributed by atoms with Crippen molar-refractivity contribution in [2.75, 3.05) is 22.9 Å². The van der Waals surface area contributed by atoms with E-state index in [2.05, 4.69) is 38.1 Å². The topological polar surface area (TPSA) is 58.4 Å². The lowest BCUT2D eigenvalue weighted by atomic mass is 10.0. The van der Waals surface area contributed by atoms with Gasteiger partial charge in [-0.1, -0.05) is 36.4 Å². The molecular formula is C30H30N4O2. The molecule has 6 rings (SSSR count). The first-order valence-corrected chi connectivity index (χ1v) is 12.7. The summed E-state index contributed by atoms with van der Waals surface area (Å²) >= 11 is 0. The fraction of sp³-hybridized carbons (Fsp3) is 0.300. The molecule has 1 saturated heterocycles. The van der Waals surface area contributed by atoms with Gasteiger partial charge in [0.25, 0.3) is 0 Å². The minimum absolute atomic E-state index is 0.0574. The lowest BCUT2D eigenvalue weighted by Gasteiger charge is -2.30. The number of carbonyl (C=O) groups is 2. The fourth-order valence-corrected chi connectivity index (χ4v) is 5.82. The third-order valence-electron chi connectivity index (χ3n) is 7.40. The molecule has 1 unspecified atom stereocenters. The number of aryl methyl sites for hydroxylation is 3. The Morgan fingerprint density at radius 2 is 1.75 bits per heavy atom. The Kier molecular flexibility index (Phi) is 5.59. The van der Waals surface area contributed by atoms with E-state index >= 15 is 0 Å². The molecule has 6 nitrogen and oxygen atoms in total. The highest BCUT2D eigenvalue weighted by atomic mass is 16.2. The normalized spacial score (nSPS) is 17.6. The molecule has 3 heterocycles. The molecule has 1 fully saturated rings. The van der Waals surface area contributed by atoms with E-state index in [1.165, 1.54) is 5.56 Å². The van der Waals surface area contributed by atoms with Gasteiger partial charge in [-0.15, -0.1) is 0 Å². The third kappa shape index (κ3) is 3.96. The van der Waals surface area contributed by atoms with Gasteiger partial charge in [0.1, 0.15) is 12.4 Å². The zero-order valence-corrected chi connectivity index (χ0v) is 20.8. The average Bonchev–Trinajstić information content (AvgIpc) is 3.43. The van der Waals surface area contributed by atoms with Crippen LogP contribution in [0.1, 0.15) is 41.3 Å². The molecule has 0 bridgehead atoms. The van der Waals surface area contributed by atoms with Gasteiger partial charge in [-0.25, -0.2) is 4.98 Å². The van der Waals surface area contributed by atoms with E-state index in [0.717, 1.165) is 58.7 Å². The summed E-state index contributed by atoms with van der Waals surface area (Å²) in [5.41, 5.74) is 7.24. The Morgan fingerprint density at radius 3 is 2.58 bits per heavy atom. The molecule has 1 atom stereocenters. The van der Waals surface area contributed by atoms with E-state index in [9.17, 15) is 9.59 Å². The number of amides is 2. The van der Waals surface area contributed by atoms with Gasteiger partial charge in [0.2, 0.25) is 11.8 Å². The molecule has 0 spiro atoms. The highest BCUT2D eigenvalue weighted by Gasteiger charge is 2.35. The van der Waals surface area contributed by atoms with Crippen molar-refractivity contribution < 1.29 is 9.59 Å². The minimum Gasteiger partial charge on any atom is -0.318 e. The van der Waals surface area contributed by atoms with E-state index in [0.29, 0.717) is 13.0 Å². The Balaban J connectivity index is 1.34. The molecule has 2 aliphatic heterocycles. The Labute approximate surface area is 211 Å². The summed E-state index contributed by atoms with van der Waals surface area (Å²) in [7, 11) is 0. The number of anilines is 2. The summed E-state index contributed by atoms with van der Waals surface area (Å²) in [5.74, 6) is 0.893. The molecule has 2 amide bonds. The van der Waals surface area contributed by atoms with Crippen molar-refractivity contribution in [3.8, 4) is 0 Å². The van der Waals surface area contributed by atoms with Gasteiger partial charge in [0.05, 0.1) is 11.0 Å². The van der Waals surface area contributed by atoms with Crippen molar-refractivity contribution in [3.63, 3.8) is 0 Å². The summed E-state index contributed by atoms with van der Waals surface area (Å²) in [4.78, 5) is 35.5. The van der Waals surface area contributed by atoms with E-state index < -0.39 is 0 Å². The number of benzene rings is 3. The van der Waals surface area contributed by atoms with Crippen LogP contribution in [0, 0.1) is 13.8 Å². The fourth-order valence-electron chi connectivity index (χ4n) is 5.82. The number of fused-ring (bicyclic) bond motifs is 2. The van der Waals surface area contributed by atoms with Gasteiger partial charge in [0, 0.05) is 36.8 Å². The Morgan fingerprint density at radius 1 is 1.00 bits per heavy atom. The van der Waals surface area contributed by atoms with E-state index in [1.807, 2.05) is 56.8 Å². The van der Waals surface area contributed by atoms with Crippen molar-refractivity contribution in [3.05, 3.63) is 89.2 Å². The van der Waals surface area contributed by atoms with Crippen LogP contribution >= 0.6 is 0 Å². The maximum absolute atomic E-state index is 13.7. The summed E-state index contributed by atoms with van der Waals surface area (Å²) < 4.78 is 2.04. The first-order valence-electron chi connectivity index (χ1n) is 12.7. The number of hydrogen-bond acceptors (Lipinski definition) is 3. The SMILES string of the molecule is Cc1cc(C)cc(N2CC(c3nc4ccccc4n3CC(=O)N3CCCc4ccccc43)CC2=O)c1. The average molecular weight is 479 g/mol. The zero-order chi connectivity index (χ0) is 24.8. The molecule has 0 radical (unpaired) electrons. The van der Waals surface area contributed by atoms with Crippen LogP contribution < -0.4 is 9.80 Å².